The minimum Gasteiger partial charge on any atom is -0.379 e. The zero-order valence-electron chi connectivity index (χ0n) is 17.3. The van der Waals surface area contributed by atoms with Gasteiger partial charge in [-0.2, -0.15) is 4.31 Å². The lowest BCUT2D eigenvalue weighted by Crippen LogP contribution is -2.47. The van der Waals surface area contributed by atoms with E-state index in [1.807, 2.05) is 23.1 Å². The van der Waals surface area contributed by atoms with Gasteiger partial charge >= 0.3 is 0 Å². The first-order valence-electron chi connectivity index (χ1n) is 10.5. The van der Waals surface area contributed by atoms with Crippen LogP contribution in [0.1, 0.15) is 24.8 Å². The molecule has 8 heteroatoms. The smallest absolute Gasteiger partial charge is 0.222 e. The van der Waals surface area contributed by atoms with Crippen molar-refractivity contribution in [2.75, 3.05) is 58.7 Å². The van der Waals surface area contributed by atoms with Gasteiger partial charge in [-0.05, 0) is 24.8 Å². The highest BCUT2D eigenvalue weighted by atomic mass is 32.2. The molecule has 2 fully saturated rings. The van der Waals surface area contributed by atoms with Gasteiger partial charge in [-0.15, -0.1) is 0 Å². The minimum atomic E-state index is -3.31. The summed E-state index contributed by atoms with van der Waals surface area (Å²) in [5.74, 6) is 0.130. The lowest BCUT2D eigenvalue weighted by molar-refractivity contribution is -0.130. The Morgan fingerprint density at radius 2 is 1.90 bits per heavy atom. The second-order valence-electron chi connectivity index (χ2n) is 7.95. The van der Waals surface area contributed by atoms with Crippen LogP contribution in [-0.4, -0.2) is 93.2 Å². The molecule has 2 saturated heterocycles. The highest BCUT2D eigenvalue weighted by Gasteiger charge is 2.34. The molecule has 162 valence electrons. The highest BCUT2D eigenvalue weighted by molar-refractivity contribution is 7.88. The number of aryl methyl sites for hydroxylation is 1. The maximum Gasteiger partial charge on any atom is 0.222 e. The van der Waals surface area contributed by atoms with E-state index in [2.05, 4.69) is 17.0 Å². The molecule has 0 aliphatic carbocycles. The maximum atomic E-state index is 12.6. The summed E-state index contributed by atoms with van der Waals surface area (Å²) in [6.07, 6.45) is 4.20. The Morgan fingerprint density at radius 1 is 1.17 bits per heavy atom. The summed E-state index contributed by atoms with van der Waals surface area (Å²) < 4.78 is 31.7. The van der Waals surface area contributed by atoms with Crippen molar-refractivity contribution >= 4 is 15.9 Å². The molecule has 1 atom stereocenters. The molecular weight excluding hydrogens is 390 g/mol. The predicted octanol–water partition coefficient (Wildman–Crippen LogP) is 1.20. The number of hydrogen-bond donors (Lipinski definition) is 0. The monoisotopic (exact) mass is 423 g/mol. The van der Waals surface area contributed by atoms with E-state index in [4.69, 9.17) is 4.74 Å². The molecule has 2 aliphatic heterocycles. The Kier molecular flexibility index (Phi) is 8.06. The number of benzene rings is 1. The lowest BCUT2D eigenvalue weighted by Gasteiger charge is -2.31. The number of ether oxygens (including phenoxy) is 1. The number of carbonyl (C=O) groups is 1. The number of carbonyl (C=O) groups excluding carboxylic acids is 1. The van der Waals surface area contributed by atoms with Crippen molar-refractivity contribution < 1.29 is 17.9 Å². The van der Waals surface area contributed by atoms with E-state index in [0.717, 1.165) is 25.9 Å². The molecule has 2 heterocycles. The quantitative estimate of drug-likeness (QED) is 0.597. The number of hydrogen-bond acceptors (Lipinski definition) is 5. The summed E-state index contributed by atoms with van der Waals surface area (Å²) >= 11 is 0. The van der Waals surface area contributed by atoms with Crippen molar-refractivity contribution in [2.24, 2.45) is 0 Å². The number of morpholine rings is 1. The van der Waals surface area contributed by atoms with Crippen LogP contribution < -0.4 is 0 Å². The summed E-state index contributed by atoms with van der Waals surface area (Å²) in [4.78, 5) is 16.7. The number of likely N-dealkylation sites (tertiary alicyclic amines) is 1. The summed E-state index contributed by atoms with van der Waals surface area (Å²) in [6.45, 7) is 5.40. The van der Waals surface area contributed by atoms with Gasteiger partial charge in [0.25, 0.3) is 0 Å². The average Bonchev–Trinajstić information content (AvgIpc) is 3.18. The Labute approximate surface area is 174 Å². The van der Waals surface area contributed by atoms with Crippen LogP contribution in [0.5, 0.6) is 0 Å². The molecular formula is C21H33N3O4S. The summed E-state index contributed by atoms with van der Waals surface area (Å²) in [6, 6.07) is 10.1. The van der Waals surface area contributed by atoms with E-state index in [1.54, 1.807) is 4.31 Å². The van der Waals surface area contributed by atoms with E-state index in [-0.39, 0.29) is 11.9 Å². The van der Waals surface area contributed by atoms with E-state index < -0.39 is 10.0 Å². The highest BCUT2D eigenvalue weighted by Crippen LogP contribution is 2.20. The van der Waals surface area contributed by atoms with Crippen molar-refractivity contribution in [3.8, 4) is 0 Å². The molecule has 7 nitrogen and oxygen atoms in total. The lowest BCUT2D eigenvalue weighted by atomic mass is 10.1. The molecule has 3 rings (SSSR count). The third kappa shape index (κ3) is 6.77. The van der Waals surface area contributed by atoms with Crippen molar-refractivity contribution in [2.45, 2.75) is 31.7 Å². The van der Waals surface area contributed by atoms with Gasteiger partial charge in [0.05, 0.1) is 19.5 Å². The fourth-order valence-corrected chi connectivity index (χ4v) is 5.26. The van der Waals surface area contributed by atoms with Crippen molar-refractivity contribution in [3.05, 3.63) is 35.9 Å². The van der Waals surface area contributed by atoms with Gasteiger partial charge in [-0.3, -0.25) is 9.69 Å². The zero-order chi connectivity index (χ0) is 20.7. The first-order chi connectivity index (χ1) is 13.9. The number of nitrogens with zero attached hydrogens (tertiary/aromatic N) is 3. The summed E-state index contributed by atoms with van der Waals surface area (Å²) in [5.41, 5.74) is 1.24. The predicted molar refractivity (Wildman–Crippen MR) is 113 cm³/mol. The second kappa shape index (κ2) is 10.5. The Balaban J connectivity index is 1.47. The van der Waals surface area contributed by atoms with Gasteiger partial charge in [0.2, 0.25) is 15.9 Å². The number of rotatable bonds is 9. The van der Waals surface area contributed by atoms with Crippen LogP contribution >= 0.6 is 0 Å². The van der Waals surface area contributed by atoms with Crippen LogP contribution in [0.3, 0.4) is 0 Å². The summed E-state index contributed by atoms with van der Waals surface area (Å²) in [7, 11) is -3.31. The topological polar surface area (TPSA) is 70.2 Å². The first-order valence-corrected chi connectivity index (χ1v) is 12.4. The van der Waals surface area contributed by atoms with Crippen molar-refractivity contribution in [1.82, 2.24) is 14.1 Å². The van der Waals surface area contributed by atoms with Gasteiger partial charge < -0.3 is 9.64 Å². The number of amides is 1. The molecule has 1 amide bonds. The standard InChI is InChI=1S/C21H33N3O4S/c1-29(26,27)24(13-12-22-14-16-28-17-15-22)20-10-11-23(18-20)21(25)9-5-8-19-6-3-2-4-7-19/h2-4,6-7,20H,5,8-18H2,1H3. The SMILES string of the molecule is CS(=O)(=O)N(CCN1CCOCC1)C1CCN(C(=O)CCCc2ccccc2)C1. The normalized spacial score (nSPS) is 21.0. The van der Waals surface area contributed by atoms with Crippen LogP contribution in [0.4, 0.5) is 0 Å². The van der Waals surface area contributed by atoms with Gasteiger partial charge in [0, 0.05) is 51.7 Å². The van der Waals surface area contributed by atoms with Gasteiger partial charge in [-0.25, -0.2) is 8.42 Å². The molecule has 0 saturated carbocycles. The second-order valence-corrected chi connectivity index (χ2v) is 9.88. The third-order valence-electron chi connectivity index (χ3n) is 5.79. The molecule has 29 heavy (non-hydrogen) atoms. The number of sulfonamides is 1. The molecule has 1 aromatic carbocycles. The van der Waals surface area contributed by atoms with Gasteiger partial charge in [0.1, 0.15) is 0 Å². The fraction of sp³-hybridized carbons (Fsp3) is 0.667. The largest absolute Gasteiger partial charge is 0.379 e. The van der Waals surface area contributed by atoms with Crippen molar-refractivity contribution in [3.63, 3.8) is 0 Å². The van der Waals surface area contributed by atoms with Crippen LogP contribution in [0, 0.1) is 0 Å². The Hall–Kier alpha value is -1.48. The minimum absolute atomic E-state index is 0.121. The van der Waals surface area contributed by atoms with E-state index in [0.29, 0.717) is 52.2 Å². The van der Waals surface area contributed by atoms with E-state index >= 15 is 0 Å². The van der Waals surface area contributed by atoms with Gasteiger partial charge in [-0.1, -0.05) is 30.3 Å². The Morgan fingerprint density at radius 3 is 2.59 bits per heavy atom. The van der Waals surface area contributed by atoms with Crippen molar-refractivity contribution in [1.29, 1.82) is 0 Å². The van der Waals surface area contributed by atoms with Crippen LogP contribution in [0.25, 0.3) is 0 Å². The Bertz CT molecular complexity index is 750. The van der Waals surface area contributed by atoms with E-state index in [9.17, 15) is 13.2 Å². The first kappa shape index (κ1) is 22.2. The summed E-state index contributed by atoms with van der Waals surface area (Å²) in [5, 5.41) is 0. The molecule has 1 unspecified atom stereocenters. The zero-order valence-corrected chi connectivity index (χ0v) is 18.1. The molecule has 1 aromatic rings. The molecule has 0 radical (unpaired) electrons. The van der Waals surface area contributed by atoms with E-state index in [1.165, 1.54) is 11.8 Å². The molecule has 0 N–H and O–H groups in total. The molecule has 0 aromatic heterocycles. The molecule has 0 bridgehead atoms. The molecule has 2 aliphatic rings. The molecule has 0 spiro atoms. The van der Waals surface area contributed by atoms with Gasteiger partial charge in [0.15, 0.2) is 0 Å². The van der Waals surface area contributed by atoms with Crippen LogP contribution in [-0.2, 0) is 26.0 Å². The van der Waals surface area contributed by atoms with Crippen LogP contribution in [0.15, 0.2) is 30.3 Å². The average molecular weight is 424 g/mol. The fourth-order valence-electron chi connectivity index (χ4n) is 4.13. The van der Waals surface area contributed by atoms with Crippen LogP contribution in [0.2, 0.25) is 0 Å². The third-order valence-corrected chi connectivity index (χ3v) is 7.12. The maximum absolute atomic E-state index is 12.6.